The molecule has 0 aromatic heterocycles. The van der Waals surface area contributed by atoms with Gasteiger partial charge in [0.05, 0.1) is 12.5 Å². The molecular weight excluding hydrogens is 444 g/mol. The largest absolute Gasteiger partial charge is 0.468 e. The zero-order valence-electron chi connectivity index (χ0n) is 19.9. The van der Waals surface area contributed by atoms with E-state index < -0.39 is 13.7 Å². The molecule has 0 heterocycles. The highest BCUT2D eigenvalue weighted by molar-refractivity contribution is 9.10. The molecule has 0 aliphatic heterocycles. The second-order valence-electron chi connectivity index (χ2n) is 10.8. The maximum Gasteiger partial charge on any atom is 0.315 e. The summed E-state index contributed by atoms with van der Waals surface area (Å²) in [6.45, 7) is 18.8. The fraction of sp³-hybridized carbons (Fsp3) is 0.708. The summed E-state index contributed by atoms with van der Waals surface area (Å²) in [6.07, 6.45) is 3.89. The highest BCUT2D eigenvalue weighted by Crippen LogP contribution is 2.39. The molecule has 1 rings (SSSR count). The minimum absolute atomic E-state index is 0.132. The number of hydrogen-bond donors (Lipinski definition) is 0. The topological polar surface area (TPSA) is 35.5 Å². The lowest BCUT2D eigenvalue weighted by atomic mass is 9.77. The molecule has 0 aliphatic carbocycles. The molecule has 0 aliphatic rings. The van der Waals surface area contributed by atoms with Crippen LogP contribution in [0.3, 0.4) is 0 Å². The van der Waals surface area contributed by atoms with Crippen molar-refractivity contribution in [3.63, 3.8) is 0 Å². The molecule has 0 saturated heterocycles. The fourth-order valence-electron chi connectivity index (χ4n) is 3.17. The lowest BCUT2D eigenvalue weighted by molar-refractivity contribution is -0.147. The van der Waals surface area contributed by atoms with Crippen molar-refractivity contribution in [2.45, 2.75) is 90.8 Å². The molecule has 1 aromatic carbocycles. The quantitative estimate of drug-likeness (QED) is 0.196. The van der Waals surface area contributed by atoms with E-state index in [2.05, 4.69) is 63.6 Å². The molecule has 5 heteroatoms. The average molecular weight is 486 g/mol. The van der Waals surface area contributed by atoms with E-state index >= 15 is 0 Å². The van der Waals surface area contributed by atoms with E-state index in [0.717, 1.165) is 42.3 Å². The van der Waals surface area contributed by atoms with Crippen molar-refractivity contribution in [2.24, 2.45) is 5.41 Å². The van der Waals surface area contributed by atoms with Crippen molar-refractivity contribution in [3.05, 3.63) is 34.3 Å². The van der Waals surface area contributed by atoms with Gasteiger partial charge in [0.1, 0.15) is 0 Å². The van der Waals surface area contributed by atoms with Gasteiger partial charge in [-0.1, -0.05) is 75.5 Å². The molecule has 1 aromatic rings. The van der Waals surface area contributed by atoms with Crippen molar-refractivity contribution in [1.29, 1.82) is 0 Å². The van der Waals surface area contributed by atoms with Gasteiger partial charge in [-0.15, -0.1) is 0 Å². The van der Waals surface area contributed by atoms with E-state index in [1.165, 1.54) is 7.11 Å². The van der Waals surface area contributed by atoms with Gasteiger partial charge in [0.15, 0.2) is 8.32 Å². The van der Waals surface area contributed by atoms with Gasteiger partial charge in [0.25, 0.3) is 0 Å². The van der Waals surface area contributed by atoms with Crippen LogP contribution in [0.1, 0.15) is 72.8 Å². The lowest BCUT2D eigenvalue weighted by Crippen LogP contribution is -2.43. The number of hydrogen-bond acceptors (Lipinski definition) is 3. The zero-order chi connectivity index (χ0) is 22.5. The van der Waals surface area contributed by atoms with Gasteiger partial charge in [-0.2, -0.15) is 0 Å². The molecule has 0 fully saturated rings. The molecule has 1 unspecified atom stereocenters. The predicted octanol–water partition coefficient (Wildman–Crippen LogP) is 7.49. The molecule has 0 N–H and O–H groups in total. The van der Waals surface area contributed by atoms with E-state index in [-0.39, 0.29) is 16.4 Å². The van der Waals surface area contributed by atoms with Crippen molar-refractivity contribution in [3.8, 4) is 0 Å². The van der Waals surface area contributed by atoms with Crippen LogP contribution >= 0.6 is 15.9 Å². The first-order chi connectivity index (χ1) is 13.1. The minimum atomic E-state index is -1.73. The molecule has 0 amide bonds. The number of halogens is 1. The minimum Gasteiger partial charge on any atom is -0.468 e. The zero-order valence-corrected chi connectivity index (χ0v) is 22.5. The van der Waals surface area contributed by atoms with Crippen LogP contribution in [0.15, 0.2) is 28.7 Å². The summed E-state index contributed by atoms with van der Waals surface area (Å²) in [4.78, 5) is 12.6. The molecule has 0 bridgehead atoms. The van der Waals surface area contributed by atoms with Crippen molar-refractivity contribution >= 4 is 30.2 Å². The maximum atomic E-state index is 12.6. The van der Waals surface area contributed by atoms with Crippen LogP contribution in [-0.4, -0.2) is 28.0 Å². The summed E-state index contributed by atoms with van der Waals surface area (Å²) in [5, 5.41) is 0.232. The first-order valence-corrected chi connectivity index (χ1v) is 14.3. The summed E-state index contributed by atoms with van der Waals surface area (Å²) in [6, 6.07) is 7.99. The molecule has 0 saturated carbocycles. The Bertz CT molecular complexity index is 679. The molecule has 3 nitrogen and oxygen atoms in total. The Morgan fingerprint density at radius 1 is 1.03 bits per heavy atom. The number of methoxy groups -OCH3 is 1. The Morgan fingerprint density at radius 2 is 1.62 bits per heavy atom. The first-order valence-electron chi connectivity index (χ1n) is 10.6. The van der Waals surface area contributed by atoms with Crippen LogP contribution in [0.4, 0.5) is 0 Å². The van der Waals surface area contributed by atoms with E-state index in [9.17, 15) is 4.79 Å². The molecule has 29 heavy (non-hydrogen) atoms. The normalized spacial score (nSPS) is 15.1. The van der Waals surface area contributed by atoms with Gasteiger partial charge in [-0.05, 0) is 61.0 Å². The van der Waals surface area contributed by atoms with Crippen LogP contribution in [0, 0.1) is 5.41 Å². The second-order valence-corrected chi connectivity index (χ2v) is 16.5. The van der Waals surface area contributed by atoms with Crippen molar-refractivity contribution in [1.82, 2.24) is 0 Å². The van der Waals surface area contributed by atoms with Gasteiger partial charge in [0.2, 0.25) is 0 Å². The van der Waals surface area contributed by atoms with Gasteiger partial charge in [0, 0.05) is 11.1 Å². The Kier molecular flexibility index (Phi) is 9.19. The highest BCUT2D eigenvalue weighted by Gasteiger charge is 2.39. The van der Waals surface area contributed by atoms with Crippen LogP contribution in [0.25, 0.3) is 0 Å². The summed E-state index contributed by atoms with van der Waals surface area (Å²) in [5.41, 5.74) is 0.507. The number of rotatable bonds is 10. The van der Waals surface area contributed by atoms with Crippen molar-refractivity contribution < 1.29 is 14.0 Å². The number of esters is 1. The Labute approximate surface area is 188 Å². The van der Waals surface area contributed by atoms with Crippen molar-refractivity contribution in [2.75, 3.05) is 13.7 Å². The highest BCUT2D eigenvalue weighted by atomic mass is 79.9. The Balaban J connectivity index is 2.68. The number of carbonyl (C=O) groups is 1. The van der Waals surface area contributed by atoms with Gasteiger partial charge < -0.3 is 9.16 Å². The van der Waals surface area contributed by atoms with Crippen LogP contribution < -0.4 is 0 Å². The summed E-state index contributed by atoms with van der Waals surface area (Å²) < 4.78 is 12.6. The third-order valence-electron chi connectivity index (χ3n) is 6.51. The van der Waals surface area contributed by atoms with E-state index in [4.69, 9.17) is 9.16 Å². The summed E-state index contributed by atoms with van der Waals surface area (Å²) in [7, 11) is -0.255. The number of benzene rings is 1. The van der Waals surface area contributed by atoms with Gasteiger partial charge in [-0.3, -0.25) is 4.79 Å². The van der Waals surface area contributed by atoms with E-state index in [0.29, 0.717) is 0 Å². The Hall–Kier alpha value is -0.653. The summed E-state index contributed by atoms with van der Waals surface area (Å²) in [5.74, 6) is -0.170. The number of unbranched alkanes of at least 4 members (excludes halogenated alkanes) is 1. The lowest BCUT2D eigenvalue weighted by Gasteiger charge is -2.39. The third-order valence-corrected chi connectivity index (χ3v) is 11.5. The Morgan fingerprint density at radius 3 is 2.14 bits per heavy atom. The van der Waals surface area contributed by atoms with Crippen LogP contribution in [0.2, 0.25) is 18.1 Å². The van der Waals surface area contributed by atoms with E-state index in [1.54, 1.807) is 0 Å². The number of ether oxygens (including phenoxy) is 1. The van der Waals surface area contributed by atoms with Crippen LogP contribution in [-0.2, 0) is 19.4 Å². The smallest absolute Gasteiger partial charge is 0.315 e. The number of carbonyl (C=O) groups excluding carboxylic acids is 1. The second kappa shape index (κ2) is 10.1. The average Bonchev–Trinajstić information content (AvgIpc) is 2.62. The first kappa shape index (κ1) is 26.4. The predicted molar refractivity (Wildman–Crippen MR) is 129 cm³/mol. The SMILES string of the molecule is COC(=O)C(C)(CCCCC(C)(C)CO[Si](C)(C)C(C)(C)C)c1cccc(Br)c1. The summed E-state index contributed by atoms with van der Waals surface area (Å²) >= 11 is 3.52. The molecule has 166 valence electrons. The fourth-order valence-corrected chi connectivity index (χ4v) is 4.75. The van der Waals surface area contributed by atoms with Crippen LogP contribution in [0.5, 0.6) is 0 Å². The third kappa shape index (κ3) is 7.52. The molecular formula is C24H41BrO3Si. The molecule has 0 spiro atoms. The standard InChI is InChI=1S/C24H41BrO3Si/c1-22(2,3)29(8,9)28-18-23(4,5)15-10-11-16-24(6,21(26)27-7)19-13-12-14-20(25)17-19/h12-14,17H,10-11,15-16,18H2,1-9H3. The monoisotopic (exact) mass is 484 g/mol. The molecule has 0 radical (unpaired) electrons. The maximum absolute atomic E-state index is 12.6. The molecule has 1 atom stereocenters. The van der Waals surface area contributed by atoms with Gasteiger partial charge in [-0.25, -0.2) is 0 Å². The van der Waals surface area contributed by atoms with Gasteiger partial charge >= 0.3 is 5.97 Å². The van der Waals surface area contributed by atoms with E-state index in [1.807, 2.05) is 31.2 Å².